The van der Waals surface area contributed by atoms with E-state index < -0.39 is 0 Å². The summed E-state index contributed by atoms with van der Waals surface area (Å²) in [5.74, 6) is 2.59. The number of nitrogens with one attached hydrogen (secondary N) is 2. The van der Waals surface area contributed by atoms with Crippen molar-refractivity contribution < 1.29 is 0 Å². The highest BCUT2D eigenvalue weighted by Gasteiger charge is 2.04. The molecular weight excluding hydrogens is 256 g/mol. The van der Waals surface area contributed by atoms with E-state index in [1.165, 1.54) is 38.8 Å². The van der Waals surface area contributed by atoms with Crippen molar-refractivity contribution >= 4 is 0 Å². The second-order valence-electron chi connectivity index (χ2n) is 7.37. The molecule has 2 nitrogen and oxygen atoms in total. The predicted octanol–water partition coefficient (Wildman–Crippen LogP) is 5.34. The molecule has 1 saturated heterocycles. The van der Waals surface area contributed by atoms with E-state index in [0.717, 1.165) is 24.3 Å². The maximum atomic E-state index is 3.33. The molecule has 1 fully saturated rings. The number of piperidine rings is 1. The third-order valence-electron chi connectivity index (χ3n) is 2.32. The maximum Gasteiger partial charge on any atom is -0.00231 e. The van der Waals surface area contributed by atoms with Crippen LogP contribution >= 0.6 is 0 Å². The van der Waals surface area contributed by atoms with E-state index >= 15 is 0 Å². The quantitative estimate of drug-likeness (QED) is 0.688. The molecule has 0 bridgehead atoms. The zero-order chi connectivity index (χ0) is 17.1. The lowest BCUT2D eigenvalue weighted by molar-refractivity contribution is 0.405. The Bertz CT molecular complexity index is 134. The third kappa shape index (κ3) is 53.6. The van der Waals surface area contributed by atoms with E-state index in [4.69, 9.17) is 0 Å². The lowest BCUT2D eigenvalue weighted by Crippen LogP contribution is -2.27. The molecule has 0 aromatic rings. The van der Waals surface area contributed by atoms with Crippen molar-refractivity contribution in [1.82, 2.24) is 10.6 Å². The Kier molecular flexibility index (Phi) is 27.3. The van der Waals surface area contributed by atoms with Gasteiger partial charge in [0.1, 0.15) is 0 Å². The largest absolute Gasteiger partial charge is 0.320 e. The van der Waals surface area contributed by atoms with E-state index in [9.17, 15) is 0 Å². The van der Waals surface area contributed by atoms with Gasteiger partial charge in [-0.3, -0.25) is 0 Å². The van der Waals surface area contributed by atoms with Crippen LogP contribution in [0.4, 0.5) is 0 Å². The summed E-state index contributed by atoms with van der Waals surface area (Å²) in [6.45, 7) is 21.1. The summed E-state index contributed by atoms with van der Waals surface area (Å²) in [5, 5.41) is 6.40. The van der Waals surface area contributed by atoms with Gasteiger partial charge in [0.15, 0.2) is 0 Å². The van der Waals surface area contributed by atoms with Crippen LogP contribution in [-0.2, 0) is 0 Å². The highest BCUT2D eigenvalue weighted by atomic mass is 14.9. The molecule has 2 N–H and O–H groups in total. The second kappa shape index (κ2) is 22.2. The van der Waals surface area contributed by atoms with Crippen molar-refractivity contribution in [1.29, 1.82) is 0 Å². The van der Waals surface area contributed by atoms with Crippen LogP contribution in [0.1, 0.15) is 81.1 Å². The number of rotatable bonds is 3. The molecule has 0 aromatic carbocycles. The zero-order valence-electron chi connectivity index (χ0n) is 16.7. The van der Waals surface area contributed by atoms with Gasteiger partial charge in [-0.25, -0.2) is 0 Å². The summed E-state index contributed by atoms with van der Waals surface area (Å²) in [5.41, 5.74) is 0. The van der Waals surface area contributed by atoms with E-state index in [1.807, 2.05) is 7.05 Å². The highest BCUT2D eigenvalue weighted by Crippen LogP contribution is 2.06. The van der Waals surface area contributed by atoms with Gasteiger partial charge in [0.25, 0.3) is 0 Å². The van der Waals surface area contributed by atoms with E-state index in [-0.39, 0.29) is 0 Å². The van der Waals surface area contributed by atoms with Crippen molar-refractivity contribution in [3.05, 3.63) is 0 Å². The lowest BCUT2D eigenvalue weighted by atomic mass is 10.0. The number of unbranched alkanes of at least 4 members (excludes halogenated alkanes) is 1. The summed E-state index contributed by atoms with van der Waals surface area (Å²) in [6, 6.07) is 0. The molecule has 132 valence electrons. The summed E-state index contributed by atoms with van der Waals surface area (Å²) >= 11 is 0. The Labute approximate surface area is 136 Å². The van der Waals surface area contributed by atoms with Crippen LogP contribution in [0, 0.1) is 17.8 Å². The fourth-order valence-corrected chi connectivity index (χ4v) is 1.38. The van der Waals surface area contributed by atoms with Crippen LogP contribution in [0.15, 0.2) is 0 Å². The van der Waals surface area contributed by atoms with Crippen molar-refractivity contribution in [2.45, 2.75) is 81.1 Å². The van der Waals surface area contributed by atoms with Crippen LogP contribution in [-0.4, -0.2) is 26.7 Å². The molecule has 0 aromatic heterocycles. The Morgan fingerprint density at radius 2 is 1.52 bits per heavy atom. The lowest BCUT2D eigenvalue weighted by Gasteiger charge is -2.17. The average Bonchev–Trinajstić information content (AvgIpc) is 2.36. The first-order valence-electron chi connectivity index (χ1n) is 9.13. The molecule has 1 aliphatic heterocycles. The summed E-state index contributed by atoms with van der Waals surface area (Å²) in [6.07, 6.45) is 5.39. The van der Waals surface area contributed by atoms with E-state index in [0.29, 0.717) is 0 Å². The molecule has 1 atom stereocenters. The minimum atomic E-state index is 0.833. The normalized spacial score (nSPS) is 17.0. The molecule has 0 aliphatic carbocycles. The molecule has 21 heavy (non-hydrogen) atoms. The monoisotopic (exact) mass is 302 g/mol. The first-order chi connectivity index (χ1) is 9.77. The summed E-state index contributed by atoms with van der Waals surface area (Å²) in [7, 11) is 1.98. The van der Waals surface area contributed by atoms with Gasteiger partial charge < -0.3 is 10.6 Å². The number of hydrogen-bond acceptors (Lipinski definition) is 2. The molecule has 2 heteroatoms. The maximum absolute atomic E-state index is 3.33. The third-order valence-corrected chi connectivity index (χ3v) is 2.32. The molecule has 1 aliphatic rings. The van der Waals surface area contributed by atoms with Crippen LogP contribution in [0.2, 0.25) is 0 Å². The van der Waals surface area contributed by atoms with Crippen LogP contribution < -0.4 is 10.6 Å². The molecular formula is C19H46N2. The Hall–Kier alpha value is -0.0800. The van der Waals surface area contributed by atoms with Gasteiger partial charge >= 0.3 is 0 Å². The molecule has 1 unspecified atom stereocenters. The van der Waals surface area contributed by atoms with Gasteiger partial charge in [0, 0.05) is 0 Å². The molecule has 1 rings (SSSR count). The average molecular weight is 303 g/mol. The summed E-state index contributed by atoms with van der Waals surface area (Å²) < 4.78 is 0. The van der Waals surface area contributed by atoms with Gasteiger partial charge in [-0.1, -0.05) is 61.8 Å². The van der Waals surface area contributed by atoms with E-state index in [2.05, 4.69) is 66.0 Å². The smallest absolute Gasteiger partial charge is 0.00231 e. The molecule has 0 spiro atoms. The standard InChI is InChI=1S/C6H13N.C5H13N.2C4H10/c1-6-3-2-4-7-5-6;1-3-4-5-6-2;2*1-4(2)3/h6-7H,2-5H2,1H3;6H,3-5H2,1-2H3;2*4H,1-3H3. The minimum Gasteiger partial charge on any atom is -0.320 e. The fraction of sp³-hybridized carbons (Fsp3) is 1.00. The molecule has 0 amide bonds. The number of hydrogen-bond donors (Lipinski definition) is 2. The minimum absolute atomic E-state index is 0.833. The fourth-order valence-electron chi connectivity index (χ4n) is 1.38. The topological polar surface area (TPSA) is 24.1 Å². The van der Waals surface area contributed by atoms with Gasteiger partial charge in [-0.15, -0.1) is 0 Å². The molecule has 1 heterocycles. The van der Waals surface area contributed by atoms with Crippen LogP contribution in [0.25, 0.3) is 0 Å². The van der Waals surface area contributed by atoms with Gasteiger partial charge in [0.2, 0.25) is 0 Å². The first kappa shape index (κ1) is 25.9. The van der Waals surface area contributed by atoms with Crippen molar-refractivity contribution in [2.24, 2.45) is 17.8 Å². The zero-order valence-corrected chi connectivity index (χ0v) is 16.7. The Morgan fingerprint density at radius 3 is 1.67 bits per heavy atom. The van der Waals surface area contributed by atoms with Crippen molar-refractivity contribution in [3.63, 3.8) is 0 Å². The van der Waals surface area contributed by atoms with Gasteiger partial charge in [0.05, 0.1) is 0 Å². The van der Waals surface area contributed by atoms with Crippen molar-refractivity contribution in [2.75, 3.05) is 26.7 Å². The SMILES string of the molecule is CC(C)C.CC(C)C.CC1CCCNC1.CCCCNC. The second-order valence-corrected chi connectivity index (χ2v) is 7.37. The highest BCUT2D eigenvalue weighted by molar-refractivity contribution is 4.63. The molecule has 0 radical (unpaired) electrons. The Balaban J connectivity index is -0.000000214. The predicted molar refractivity (Wildman–Crippen MR) is 101 cm³/mol. The van der Waals surface area contributed by atoms with Gasteiger partial charge in [-0.05, 0) is 63.7 Å². The molecule has 0 saturated carbocycles. The van der Waals surface area contributed by atoms with Gasteiger partial charge in [-0.2, -0.15) is 0 Å². The Morgan fingerprint density at radius 1 is 1.05 bits per heavy atom. The summed E-state index contributed by atoms with van der Waals surface area (Å²) in [4.78, 5) is 0. The van der Waals surface area contributed by atoms with Crippen LogP contribution in [0.5, 0.6) is 0 Å². The van der Waals surface area contributed by atoms with Crippen molar-refractivity contribution in [3.8, 4) is 0 Å². The first-order valence-corrected chi connectivity index (χ1v) is 9.13. The van der Waals surface area contributed by atoms with E-state index in [1.54, 1.807) is 0 Å². The van der Waals surface area contributed by atoms with Crippen LogP contribution in [0.3, 0.4) is 0 Å².